The number of hydrogen-bond acceptors (Lipinski definition) is 4. The van der Waals surface area contributed by atoms with Gasteiger partial charge in [0.2, 0.25) is 11.8 Å². The first-order valence-electron chi connectivity index (χ1n) is 10.8. The van der Waals surface area contributed by atoms with E-state index in [-0.39, 0.29) is 35.5 Å². The molecule has 7 nitrogen and oxygen atoms in total. The summed E-state index contributed by atoms with van der Waals surface area (Å²) in [7, 11) is 1.68. The molecule has 4 atom stereocenters. The number of likely N-dealkylation sites (tertiary alicyclic amines) is 1. The second-order valence-electron chi connectivity index (χ2n) is 8.15. The van der Waals surface area contributed by atoms with Crippen LogP contribution >= 0.6 is 0 Å². The lowest BCUT2D eigenvalue weighted by Gasteiger charge is -2.18. The standard InChI is InChI=1S/C23H30N4O3/c1-3-24-23(26-13-17-6-4-5-7-18(17)14-30-2)25-10-11-27-21(28)19-15-8-9-16(12-15)20(19)22(27)29/h4-9,15-16,19-20H,3,10-14H2,1-2H3,(H2,24,25,26). The normalized spacial score (nSPS) is 27.1. The highest BCUT2D eigenvalue weighted by Crippen LogP contribution is 2.52. The van der Waals surface area contributed by atoms with Gasteiger partial charge >= 0.3 is 0 Å². The Labute approximate surface area is 177 Å². The van der Waals surface area contributed by atoms with Crippen molar-refractivity contribution >= 4 is 17.8 Å². The summed E-state index contributed by atoms with van der Waals surface area (Å²) in [6.45, 7) is 4.66. The predicted molar refractivity (Wildman–Crippen MR) is 114 cm³/mol. The number of rotatable bonds is 8. The van der Waals surface area contributed by atoms with Crippen LogP contribution in [0.5, 0.6) is 0 Å². The number of ether oxygens (including phenoxy) is 1. The molecule has 1 aromatic rings. The minimum Gasteiger partial charge on any atom is -0.380 e. The van der Waals surface area contributed by atoms with Crippen molar-refractivity contribution in [1.29, 1.82) is 0 Å². The van der Waals surface area contributed by atoms with E-state index in [9.17, 15) is 9.59 Å². The Morgan fingerprint density at radius 3 is 2.40 bits per heavy atom. The second kappa shape index (κ2) is 9.00. The maximum atomic E-state index is 12.8. The van der Waals surface area contributed by atoms with Crippen LogP contribution in [0.15, 0.2) is 41.4 Å². The molecule has 1 heterocycles. The number of methoxy groups -OCH3 is 1. The largest absolute Gasteiger partial charge is 0.380 e. The molecule has 160 valence electrons. The molecule has 2 aliphatic carbocycles. The van der Waals surface area contributed by atoms with E-state index in [1.807, 2.05) is 31.2 Å². The molecule has 30 heavy (non-hydrogen) atoms. The van der Waals surface area contributed by atoms with Gasteiger partial charge in [-0.25, -0.2) is 4.99 Å². The van der Waals surface area contributed by atoms with E-state index < -0.39 is 0 Å². The van der Waals surface area contributed by atoms with Crippen LogP contribution in [-0.2, 0) is 27.5 Å². The van der Waals surface area contributed by atoms with E-state index >= 15 is 0 Å². The average molecular weight is 411 g/mol. The number of nitrogens with one attached hydrogen (secondary N) is 2. The van der Waals surface area contributed by atoms with Gasteiger partial charge in [-0.1, -0.05) is 36.4 Å². The Bertz CT molecular complexity index is 836. The van der Waals surface area contributed by atoms with Crippen molar-refractivity contribution in [3.63, 3.8) is 0 Å². The summed E-state index contributed by atoms with van der Waals surface area (Å²) in [6.07, 6.45) is 5.20. The molecule has 2 fully saturated rings. The number of carbonyl (C=O) groups excluding carboxylic acids is 2. The van der Waals surface area contributed by atoms with Crippen molar-refractivity contribution in [2.45, 2.75) is 26.5 Å². The summed E-state index contributed by atoms with van der Waals surface area (Å²) >= 11 is 0. The van der Waals surface area contributed by atoms with Gasteiger partial charge in [-0.05, 0) is 36.3 Å². The molecule has 4 unspecified atom stereocenters. The molecular formula is C23H30N4O3. The number of fused-ring (bicyclic) bond motifs is 5. The van der Waals surface area contributed by atoms with E-state index in [4.69, 9.17) is 4.74 Å². The van der Waals surface area contributed by atoms with E-state index in [0.717, 1.165) is 24.1 Å². The highest BCUT2D eigenvalue weighted by Gasteiger charge is 2.58. The molecule has 0 radical (unpaired) electrons. The van der Waals surface area contributed by atoms with Gasteiger partial charge in [0, 0.05) is 26.7 Å². The number of imide groups is 1. The van der Waals surface area contributed by atoms with Gasteiger partial charge in [-0.15, -0.1) is 0 Å². The van der Waals surface area contributed by atoms with Crippen molar-refractivity contribution in [2.24, 2.45) is 28.7 Å². The predicted octanol–water partition coefficient (Wildman–Crippen LogP) is 1.70. The third-order valence-electron chi connectivity index (χ3n) is 6.36. The number of hydrogen-bond donors (Lipinski definition) is 2. The summed E-state index contributed by atoms with van der Waals surface area (Å²) in [6, 6.07) is 8.07. The molecule has 1 saturated heterocycles. The lowest BCUT2D eigenvalue weighted by Crippen LogP contribution is -2.43. The van der Waals surface area contributed by atoms with E-state index in [1.165, 1.54) is 4.90 Å². The van der Waals surface area contributed by atoms with Gasteiger partial charge in [0.05, 0.1) is 25.0 Å². The van der Waals surface area contributed by atoms with Crippen LogP contribution in [0.4, 0.5) is 0 Å². The molecule has 2 N–H and O–H groups in total. The fourth-order valence-corrected chi connectivity index (χ4v) is 4.98. The first-order chi connectivity index (χ1) is 14.6. The van der Waals surface area contributed by atoms with Crippen molar-refractivity contribution in [1.82, 2.24) is 15.5 Å². The third kappa shape index (κ3) is 3.86. The maximum Gasteiger partial charge on any atom is 0.233 e. The minimum atomic E-state index is -0.133. The van der Waals surface area contributed by atoms with Gasteiger partial charge in [0.1, 0.15) is 0 Å². The topological polar surface area (TPSA) is 83.0 Å². The molecule has 1 saturated carbocycles. The molecule has 4 rings (SSSR count). The lowest BCUT2D eigenvalue weighted by atomic mass is 9.85. The number of benzene rings is 1. The molecule has 1 aliphatic heterocycles. The van der Waals surface area contributed by atoms with Crippen LogP contribution in [-0.4, -0.2) is 49.4 Å². The SMILES string of the molecule is CCNC(=NCc1ccccc1COC)NCCN1C(=O)C2C3C=CC(C3)C2C1=O. The van der Waals surface area contributed by atoms with E-state index in [2.05, 4.69) is 27.8 Å². The summed E-state index contributed by atoms with van der Waals surface area (Å²) < 4.78 is 5.26. The van der Waals surface area contributed by atoms with Gasteiger partial charge in [-0.3, -0.25) is 14.5 Å². The molecule has 2 bridgehead atoms. The Hall–Kier alpha value is -2.67. The number of aliphatic imine (C=N–C) groups is 1. The summed E-state index contributed by atoms with van der Waals surface area (Å²) in [5.74, 6) is 0.906. The lowest BCUT2D eigenvalue weighted by molar-refractivity contribution is -0.140. The number of nitrogens with zero attached hydrogens (tertiary/aromatic N) is 2. The number of amides is 2. The quantitative estimate of drug-likeness (QED) is 0.295. The molecule has 3 aliphatic rings. The zero-order valence-electron chi connectivity index (χ0n) is 17.6. The zero-order chi connectivity index (χ0) is 21.1. The highest BCUT2D eigenvalue weighted by molar-refractivity contribution is 6.06. The van der Waals surface area contributed by atoms with Gasteiger partial charge in [0.15, 0.2) is 5.96 Å². The van der Waals surface area contributed by atoms with Crippen molar-refractivity contribution < 1.29 is 14.3 Å². The summed E-state index contributed by atoms with van der Waals surface area (Å²) in [5.41, 5.74) is 2.22. The smallest absolute Gasteiger partial charge is 0.233 e. The fourth-order valence-electron chi connectivity index (χ4n) is 4.98. The number of allylic oxidation sites excluding steroid dienone is 2. The Kier molecular flexibility index (Phi) is 6.18. The van der Waals surface area contributed by atoms with E-state index in [0.29, 0.717) is 32.2 Å². The van der Waals surface area contributed by atoms with Crippen LogP contribution in [0.3, 0.4) is 0 Å². The molecular weight excluding hydrogens is 380 g/mol. The van der Waals surface area contributed by atoms with Crippen LogP contribution in [0.1, 0.15) is 24.5 Å². The van der Waals surface area contributed by atoms with Crippen molar-refractivity contribution in [2.75, 3.05) is 26.7 Å². The number of carbonyl (C=O) groups is 2. The van der Waals surface area contributed by atoms with Crippen LogP contribution in [0.2, 0.25) is 0 Å². The Balaban J connectivity index is 1.34. The number of guanidine groups is 1. The molecule has 0 aromatic heterocycles. The zero-order valence-corrected chi connectivity index (χ0v) is 17.6. The second-order valence-corrected chi connectivity index (χ2v) is 8.15. The average Bonchev–Trinajstić information content (AvgIpc) is 3.43. The first kappa shape index (κ1) is 20.6. The molecule has 1 aromatic carbocycles. The summed E-state index contributed by atoms with van der Waals surface area (Å²) in [4.78, 5) is 31.7. The molecule has 0 spiro atoms. The van der Waals surface area contributed by atoms with Crippen molar-refractivity contribution in [3.8, 4) is 0 Å². The minimum absolute atomic E-state index is 0.000850. The van der Waals surface area contributed by atoms with Crippen LogP contribution in [0, 0.1) is 23.7 Å². The Morgan fingerprint density at radius 2 is 1.77 bits per heavy atom. The monoisotopic (exact) mass is 410 g/mol. The van der Waals surface area contributed by atoms with Crippen LogP contribution < -0.4 is 10.6 Å². The third-order valence-corrected chi connectivity index (χ3v) is 6.36. The van der Waals surface area contributed by atoms with Gasteiger partial charge < -0.3 is 15.4 Å². The highest BCUT2D eigenvalue weighted by atomic mass is 16.5. The van der Waals surface area contributed by atoms with Crippen molar-refractivity contribution in [3.05, 3.63) is 47.5 Å². The first-order valence-corrected chi connectivity index (χ1v) is 10.8. The van der Waals surface area contributed by atoms with Gasteiger partial charge in [-0.2, -0.15) is 0 Å². The summed E-state index contributed by atoms with van der Waals surface area (Å²) in [5, 5.41) is 6.49. The Morgan fingerprint density at radius 1 is 1.10 bits per heavy atom. The van der Waals surface area contributed by atoms with E-state index in [1.54, 1.807) is 7.11 Å². The molecule has 7 heteroatoms. The maximum absolute atomic E-state index is 12.8. The molecule has 2 amide bonds. The fraction of sp³-hybridized carbons (Fsp3) is 0.522. The van der Waals surface area contributed by atoms with Gasteiger partial charge in [0.25, 0.3) is 0 Å². The van der Waals surface area contributed by atoms with Crippen LogP contribution in [0.25, 0.3) is 0 Å².